The number of benzene rings is 1. The van der Waals surface area contributed by atoms with Gasteiger partial charge in [0.15, 0.2) is 0 Å². The van der Waals surface area contributed by atoms with Crippen molar-refractivity contribution in [2.45, 2.75) is 38.5 Å². The molecule has 0 spiro atoms. The number of esters is 1. The van der Waals surface area contributed by atoms with Crippen molar-refractivity contribution in [1.82, 2.24) is 10.6 Å². The van der Waals surface area contributed by atoms with Crippen LogP contribution in [0.1, 0.15) is 25.3 Å². The predicted octanol–water partition coefficient (Wildman–Crippen LogP) is 1.29. The summed E-state index contributed by atoms with van der Waals surface area (Å²) in [5.41, 5.74) is 1.54. The highest BCUT2D eigenvalue weighted by Gasteiger charge is 2.22. The van der Waals surface area contributed by atoms with Crippen LogP contribution in [-0.4, -0.2) is 48.9 Å². The first-order chi connectivity index (χ1) is 12.8. The molecule has 0 heterocycles. The van der Waals surface area contributed by atoms with Gasteiger partial charge in [0.1, 0.15) is 12.6 Å². The Balaban J connectivity index is 2.34. The summed E-state index contributed by atoms with van der Waals surface area (Å²) in [6.07, 6.45) is -1.88. The van der Waals surface area contributed by atoms with Crippen LogP contribution >= 0.6 is 0 Å². The monoisotopic (exact) mass is 378 g/mol. The van der Waals surface area contributed by atoms with Gasteiger partial charge in [0.2, 0.25) is 5.91 Å². The van der Waals surface area contributed by atoms with Crippen LogP contribution in [-0.2, 0) is 25.7 Å². The minimum absolute atomic E-state index is 0.102. The average molecular weight is 378 g/mol. The Hall–Kier alpha value is -2.87. The minimum atomic E-state index is -1.13. The molecule has 0 saturated carbocycles. The molecule has 2 atom stereocenters. The molecule has 2 amide bonds. The summed E-state index contributed by atoms with van der Waals surface area (Å²) in [7, 11) is 1.22. The molecule has 148 valence electrons. The van der Waals surface area contributed by atoms with Crippen molar-refractivity contribution in [3.8, 4) is 0 Å². The standard InChI is InChI=1S/C19H26N2O6/c1-13(2)9-16(18(24)26-3)21-17(23)10-15(22)11-20-19(25)27-12-14-7-5-4-6-8-14/h4-8,15-16,22H,1,9-12H2,2-3H3,(H,20,25)(H,21,23)/t15-,16-/m0/s1. The van der Waals surface area contributed by atoms with Gasteiger partial charge < -0.3 is 25.2 Å². The molecule has 1 aromatic carbocycles. The van der Waals surface area contributed by atoms with Crippen LogP contribution in [0.4, 0.5) is 4.79 Å². The highest BCUT2D eigenvalue weighted by molar-refractivity contribution is 5.84. The van der Waals surface area contributed by atoms with Gasteiger partial charge in [-0.25, -0.2) is 9.59 Å². The van der Waals surface area contributed by atoms with Crippen molar-refractivity contribution in [3.05, 3.63) is 48.0 Å². The maximum atomic E-state index is 12.0. The van der Waals surface area contributed by atoms with E-state index in [1.807, 2.05) is 30.3 Å². The molecule has 1 aromatic rings. The van der Waals surface area contributed by atoms with E-state index < -0.39 is 30.1 Å². The van der Waals surface area contributed by atoms with Crippen molar-refractivity contribution < 1.29 is 29.0 Å². The van der Waals surface area contributed by atoms with E-state index in [4.69, 9.17) is 4.74 Å². The first kappa shape index (κ1) is 22.2. The Morgan fingerprint density at radius 3 is 2.44 bits per heavy atom. The van der Waals surface area contributed by atoms with Crippen LogP contribution in [0.15, 0.2) is 42.5 Å². The largest absolute Gasteiger partial charge is 0.467 e. The first-order valence-electron chi connectivity index (χ1n) is 8.46. The summed E-state index contributed by atoms with van der Waals surface area (Å²) < 4.78 is 9.64. The summed E-state index contributed by atoms with van der Waals surface area (Å²) >= 11 is 0. The van der Waals surface area contributed by atoms with Crippen molar-refractivity contribution in [1.29, 1.82) is 0 Å². The predicted molar refractivity (Wildman–Crippen MR) is 98.6 cm³/mol. The zero-order valence-electron chi connectivity index (χ0n) is 15.6. The number of aliphatic hydroxyl groups excluding tert-OH is 1. The van der Waals surface area contributed by atoms with Crippen LogP contribution in [0.5, 0.6) is 0 Å². The highest BCUT2D eigenvalue weighted by atomic mass is 16.5. The van der Waals surface area contributed by atoms with Crippen LogP contribution in [0.3, 0.4) is 0 Å². The lowest BCUT2D eigenvalue weighted by Gasteiger charge is -2.18. The lowest BCUT2D eigenvalue weighted by atomic mass is 10.1. The molecule has 0 bridgehead atoms. The number of hydrogen-bond donors (Lipinski definition) is 3. The summed E-state index contributed by atoms with van der Waals surface area (Å²) in [6, 6.07) is 8.27. The van der Waals surface area contributed by atoms with Gasteiger partial charge in [-0.3, -0.25) is 4.79 Å². The molecule has 0 saturated heterocycles. The fourth-order valence-electron chi connectivity index (χ4n) is 2.20. The SMILES string of the molecule is C=C(C)C[C@H](NC(=O)C[C@H](O)CNC(=O)OCc1ccccc1)C(=O)OC. The minimum Gasteiger partial charge on any atom is -0.467 e. The number of alkyl carbamates (subject to hydrolysis) is 1. The second-order valence-electron chi connectivity index (χ2n) is 6.11. The van der Waals surface area contributed by atoms with Gasteiger partial charge >= 0.3 is 12.1 Å². The van der Waals surface area contributed by atoms with Gasteiger partial charge in [0.05, 0.1) is 19.6 Å². The van der Waals surface area contributed by atoms with Crippen molar-refractivity contribution in [3.63, 3.8) is 0 Å². The molecular weight excluding hydrogens is 352 g/mol. The van der Waals surface area contributed by atoms with E-state index in [-0.39, 0.29) is 26.0 Å². The van der Waals surface area contributed by atoms with Crippen LogP contribution < -0.4 is 10.6 Å². The smallest absolute Gasteiger partial charge is 0.407 e. The van der Waals surface area contributed by atoms with Gasteiger partial charge in [0, 0.05) is 6.54 Å². The van der Waals surface area contributed by atoms with Gasteiger partial charge in [-0.05, 0) is 18.9 Å². The Kier molecular flexibility index (Phi) is 9.60. The first-order valence-corrected chi connectivity index (χ1v) is 8.46. The molecule has 8 nitrogen and oxygen atoms in total. The Bertz CT molecular complexity index is 647. The second kappa shape index (κ2) is 11.7. The fourth-order valence-corrected chi connectivity index (χ4v) is 2.20. The highest BCUT2D eigenvalue weighted by Crippen LogP contribution is 2.05. The number of carbonyl (C=O) groups is 3. The maximum absolute atomic E-state index is 12.0. The third-order valence-electron chi connectivity index (χ3n) is 3.49. The third-order valence-corrected chi connectivity index (χ3v) is 3.49. The molecule has 0 aliphatic rings. The average Bonchev–Trinajstić information content (AvgIpc) is 2.63. The summed E-state index contributed by atoms with van der Waals surface area (Å²) in [6.45, 7) is 5.36. The fraction of sp³-hybridized carbons (Fsp3) is 0.421. The van der Waals surface area contributed by atoms with E-state index in [1.165, 1.54) is 7.11 Å². The number of amides is 2. The number of rotatable bonds is 10. The van der Waals surface area contributed by atoms with Gasteiger partial charge in [-0.2, -0.15) is 0 Å². The number of aliphatic hydroxyl groups is 1. The quantitative estimate of drug-likeness (QED) is 0.418. The molecule has 0 fully saturated rings. The van der Waals surface area contributed by atoms with Gasteiger partial charge in [-0.1, -0.05) is 35.9 Å². The van der Waals surface area contributed by atoms with Crippen LogP contribution in [0, 0.1) is 0 Å². The molecule has 0 unspecified atom stereocenters. The number of carbonyl (C=O) groups excluding carboxylic acids is 3. The number of hydrogen-bond acceptors (Lipinski definition) is 6. The maximum Gasteiger partial charge on any atom is 0.407 e. The Morgan fingerprint density at radius 1 is 1.19 bits per heavy atom. The van der Waals surface area contributed by atoms with Crippen LogP contribution in [0.25, 0.3) is 0 Å². The molecule has 0 aliphatic carbocycles. The lowest BCUT2D eigenvalue weighted by Crippen LogP contribution is -2.44. The van der Waals surface area contributed by atoms with Crippen molar-refractivity contribution in [2.75, 3.05) is 13.7 Å². The van der Waals surface area contributed by atoms with E-state index in [1.54, 1.807) is 6.92 Å². The number of ether oxygens (including phenoxy) is 2. The molecule has 0 radical (unpaired) electrons. The van der Waals surface area contributed by atoms with Crippen molar-refractivity contribution in [2.24, 2.45) is 0 Å². The van der Waals surface area contributed by atoms with Gasteiger partial charge in [-0.15, -0.1) is 6.58 Å². The van der Waals surface area contributed by atoms with E-state index in [0.717, 1.165) is 5.56 Å². The van der Waals surface area contributed by atoms with E-state index in [2.05, 4.69) is 21.9 Å². The lowest BCUT2D eigenvalue weighted by molar-refractivity contribution is -0.145. The molecular formula is C19H26N2O6. The zero-order chi connectivity index (χ0) is 20.2. The second-order valence-corrected chi connectivity index (χ2v) is 6.11. The van der Waals surface area contributed by atoms with Crippen LogP contribution in [0.2, 0.25) is 0 Å². The topological polar surface area (TPSA) is 114 Å². The summed E-state index contributed by atoms with van der Waals surface area (Å²) in [5.74, 6) is -1.14. The Labute approximate surface area is 158 Å². The molecule has 0 aliphatic heterocycles. The third kappa shape index (κ3) is 9.41. The number of methoxy groups -OCH3 is 1. The normalized spacial score (nSPS) is 12.4. The van der Waals surface area contributed by atoms with Crippen molar-refractivity contribution >= 4 is 18.0 Å². The Morgan fingerprint density at radius 2 is 1.85 bits per heavy atom. The molecule has 0 aromatic heterocycles. The molecule has 3 N–H and O–H groups in total. The molecule has 8 heteroatoms. The van der Waals surface area contributed by atoms with E-state index >= 15 is 0 Å². The van der Waals surface area contributed by atoms with Gasteiger partial charge in [0.25, 0.3) is 0 Å². The molecule has 27 heavy (non-hydrogen) atoms. The summed E-state index contributed by atoms with van der Waals surface area (Å²) in [5, 5.41) is 14.7. The zero-order valence-corrected chi connectivity index (χ0v) is 15.6. The molecule has 1 rings (SSSR count). The summed E-state index contributed by atoms with van der Waals surface area (Å²) in [4.78, 5) is 35.2. The van der Waals surface area contributed by atoms with E-state index in [0.29, 0.717) is 5.57 Å². The van der Waals surface area contributed by atoms with E-state index in [9.17, 15) is 19.5 Å². The number of nitrogens with one attached hydrogen (secondary N) is 2.